The third kappa shape index (κ3) is 2.78. The molecule has 0 atom stereocenters. The van der Waals surface area contributed by atoms with Crippen LogP contribution in [0.1, 0.15) is 37.8 Å². The highest BCUT2D eigenvalue weighted by Crippen LogP contribution is 2.26. The first-order valence-corrected chi connectivity index (χ1v) is 6.37. The zero-order valence-electron chi connectivity index (χ0n) is 10.9. The van der Waals surface area contributed by atoms with Crippen LogP contribution in [0, 0.1) is 0 Å². The van der Waals surface area contributed by atoms with Gasteiger partial charge in [0.1, 0.15) is 5.75 Å². The van der Waals surface area contributed by atoms with Crippen molar-refractivity contribution in [3.8, 4) is 5.75 Å². The normalized spacial score (nSPS) is 14.2. The van der Waals surface area contributed by atoms with Crippen LogP contribution in [0.15, 0.2) is 18.2 Å². The molecule has 0 saturated carbocycles. The van der Waals surface area contributed by atoms with Gasteiger partial charge in [0.05, 0.1) is 0 Å². The van der Waals surface area contributed by atoms with Crippen LogP contribution < -0.4 is 4.74 Å². The lowest BCUT2D eigenvalue weighted by atomic mass is 9.92. The van der Waals surface area contributed by atoms with Crippen LogP contribution in [-0.4, -0.2) is 17.7 Å². The van der Waals surface area contributed by atoms with Crippen molar-refractivity contribution in [2.24, 2.45) is 0 Å². The van der Waals surface area contributed by atoms with Crippen LogP contribution in [-0.2, 0) is 22.4 Å². The fourth-order valence-corrected chi connectivity index (χ4v) is 2.37. The zero-order chi connectivity index (χ0) is 13.1. The predicted molar refractivity (Wildman–Crippen MR) is 68.9 cm³/mol. The Bertz CT molecular complexity index is 463. The first-order valence-electron chi connectivity index (χ1n) is 6.37. The molecule has 0 radical (unpaired) electrons. The third-order valence-electron chi connectivity index (χ3n) is 3.31. The van der Waals surface area contributed by atoms with Crippen molar-refractivity contribution < 1.29 is 14.3 Å². The quantitative estimate of drug-likeness (QED) is 0.767. The lowest BCUT2D eigenvalue weighted by molar-refractivity contribution is -0.134. The third-order valence-corrected chi connectivity index (χ3v) is 3.31. The average Bonchev–Trinajstić information content (AvgIpc) is 2.35. The molecule has 0 aliphatic heterocycles. The molecule has 0 fully saturated rings. The van der Waals surface area contributed by atoms with Gasteiger partial charge < -0.3 is 4.74 Å². The fourth-order valence-electron chi connectivity index (χ4n) is 2.37. The van der Waals surface area contributed by atoms with E-state index in [0.29, 0.717) is 5.75 Å². The largest absolute Gasteiger partial charge is 0.475 e. The summed E-state index contributed by atoms with van der Waals surface area (Å²) in [7, 11) is 0. The van der Waals surface area contributed by atoms with Gasteiger partial charge in [-0.3, -0.25) is 9.59 Å². The average molecular weight is 246 g/mol. The maximum Gasteiger partial charge on any atom is 0.214 e. The Morgan fingerprint density at radius 2 is 1.67 bits per heavy atom. The van der Waals surface area contributed by atoms with Gasteiger partial charge in [-0.1, -0.05) is 6.07 Å². The second kappa shape index (κ2) is 5.34. The van der Waals surface area contributed by atoms with Crippen LogP contribution in [0.2, 0.25) is 0 Å². The summed E-state index contributed by atoms with van der Waals surface area (Å²) in [4.78, 5) is 22.7. The lowest BCUT2D eigenvalue weighted by Gasteiger charge is -2.18. The van der Waals surface area contributed by atoms with E-state index in [1.807, 2.05) is 18.2 Å². The number of rotatable bonds is 4. The highest BCUT2D eigenvalue weighted by Gasteiger charge is 2.21. The van der Waals surface area contributed by atoms with Crippen LogP contribution in [0.5, 0.6) is 5.75 Å². The molecule has 96 valence electrons. The summed E-state index contributed by atoms with van der Waals surface area (Å²) in [5, 5.41) is 0. The first kappa shape index (κ1) is 12.8. The summed E-state index contributed by atoms with van der Waals surface area (Å²) in [5.74, 6) is 0.117. The van der Waals surface area contributed by atoms with Crippen LogP contribution in [0.25, 0.3) is 0 Å². The highest BCUT2D eigenvalue weighted by molar-refractivity contribution is 6.03. The number of Topliss-reactive ketones (excluding diaryl/α,β-unsaturated/α-hetero) is 2. The van der Waals surface area contributed by atoms with E-state index in [1.54, 1.807) is 0 Å². The van der Waals surface area contributed by atoms with E-state index in [-0.39, 0.29) is 11.6 Å². The van der Waals surface area contributed by atoms with Gasteiger partial charge in [-0.15, -0.1) is 0 Å². The molecule has 3 nitrogen and oxygen atoms in total. The molecule has 1 aromatic carbocycles. The maximum atomic E-state index is 11.3. The Labute approximate surface area is 107 Å². The van der Waals surface area contributed by atoms with E-state index in [2.05, 4.69) is 0 Å². The Morgan fingerprint density at radius 1 is 1.06 bits per heavy atom. The molecule has 0 bridgehead atoms. The molecule has 18 heavy (non-hydrogen) atoms. The summed E-state index contributed by atoms with van der Waals surface area (Å²) in [5.41, 5.74) is 2.64. The number of ether oxygens (including phenoxy) is 1. The molecule has 0 spiro atoms. The SMILES string of the molecule is CC(=O)C(Oc1ccc2c(c1)CCCC2)C(C)=O. The summed E-state index contributed by atoms with van der Waals surface area (Å²) in [6.07, 6.45) is 3.62. The van der Waals surface area contributed by atoms with Gasteiger partial charge >= 0.3 is 0 Å². The Morgan fingerprint density at radius 3 is 2.28 bits per heavy atom. The Balaban J connectivity index is 2.18. The van der Waals surface area contributed by atoms with Crippen molar-refractivity contribution >= 4 is 11.6 Å². The summed E-state index contributed by atoms with van der Waals surface area (Å²) >= 11 is 0. The fraction of sp³-hybridized carbons (Fsp3) is 0.467. The van der Waals surface area contributed by atoms with Crippen LogP contribution >= 0.6 is 0 Å². The molecule has 1 aliphatic carbocycles. The number of benzene rings is 1. The number of carbonyl (C=O) groups is 2. The highest BCUT2D eigenvalue weighted by atomic mass is 16.5. The van der Waals surface area contributed by atoms with Crippen molar-refractivity contribution in [3.63, 3.8) is 0 Å². The van der Waals surface area contributed by atoms with Crippen molar-refractivity contribution in [3.05, 3.63) is 29.3 Å². The minimum atomic E-state index is -0.966. The number of fused-ring (bicyclic) bond motifs is 1. The molecule has 0 amide bonds. The molecule has 3 heteroatoms. The monoisotopic (exact) mass is 246 g/mol. The number of hydrogen-bond acceptors (Lipinski definition) is 3. The lowest BCUT2D eigenvalue weighted by Crippen LogP contribution is -2.32. The van der Waals surface area contributed by atoms with Gasteiger partial charge in [-0.25, -0.2) is 0 Å². The van der Waals surface area contributed by atoms with Crippen LogP contribution in [0.4, 0.5) is 0 Å². The predicted octanol–water partition coefficient (Wildman–Crippen LogP) is 2.49. The van der Waals surface area contributed by atoms with Gasteiger partial charge in [-0.2, -0.15) is 0 Å². The summed E-state index contributed by atoms with van der Waals surface area (Å²) in [6, 6.07) is 5.86. The van der Waals surface area contributed by atoms with Gasteiger partial charge in [-0.05, 0) is 62.8 Å². The topological polar surface area (TPSA) is 43.4 Å². The molecule has 0 N–H and O–H groups in total. The zero-order valence-corrected chi connectivity index (χ0v) is 10.9. The van der Waals surface area contributed by atoms with Gasteiger partial charge in [0.2, 0.25) is 6.10 Å². The maximum absolute atomic E-state index is 11.3. The van der Waals surface area contributed by atoms with E-state index >= 15 is 0 Å². The standard InChI is InChI=1S/C15H18O3/c1-10(16)15(11(2)17)18-14-8-7-12-5-3-4-6-13(12)9-14/h7-9,15H,3-6H2,1-2H3. The summed E-state index contributed by atoms with van der Waals surface area (Å²) in [6.45, 7) is 2.76. The van der Waals surface area contributed by atoms with Crippen molar-refractivity contribution in [1.82, 2.24) is 0 Å². The number of ketones is 2. The second-order valence-electron chi connectivity index (χ2n) is 4.86. The number of hydrogen-bond donors (Lipinski definition) is 0. The summed E-state index contributed by atoms with van der Waals surface area (Å²) < 4.78 is 5.50. The number of aryl methyl sites for hydroxylation is 2. The first-order chi connectivity index (χ1) is 8.58. The van der Waals surface area contributed by atoms with Crippen molar-refractivity contribution in [2.75, 3.05) is 0 Å². The van der Waals surface area contributed by atoms with E-state index in [4.69, 9.17) is 4.74 Å². The molecule has 0 aromatic heterocycles. The minimum Gasteiger partial charge on any atom is -0.475 e. The van der Waals surface area contributed by atoms with E-state index in [0.717, 1.165) is 12.8 Å². The molecule has 0 saturated heterocycles. The van der Waals surface area contributed by atoms with E-state index in [1.165, 1.54) is 37.8 Å². The number of carbonyl (C=O) groups excluding carboxylic acids is 2. The Hall–Kier alpha value is -1.64. The Kier molecular flexibility index (Phi) is 3.80. The van der Waals surface area contributed by atoms with E-state index < -0.39 is 6.10 Å². The van der Waals surface area contributed by atoms with Gasteiger partial charge in [0.15, 0.2) is 11.6 Å². The smallest absolute Gasteiger partial charge is 0.214 e. The molecular formula is C15H18O3. The molecular weight excluding hydrogens is 228 g/mol. The molecule has 2 rings (SSSR count). The second-order valence-corrected chi connectivity index (χ2v) is 4.86. The van der Waals surface area contributed by atoms with Crippen molar-refractivity contribution in [1.29, 1.82) is 0 Å². The van der Waals surface area contributed by atoms with Gasteiger partial charge in [0.25, 0.3) is 0 Å². The molecule has 1 aromatic rings. The van der Waals surface area contributed by atoms with Crippen LogP contribution in [0.3, 0.4) is 0 Å². The van der Waals surface area contributed by atoms with Crippen molar-refractivity contribution in [2.45, 2.75) is 45.6 Å². The molecule has 0 heterocycles. The molecule has 0 unspecified atom stereocenters. The molecule has 1 aliphatic rings. The van der Waals surface area contributed by atoms with E-state index in [9.17, 15) is 9.59 Å². The van der Waals surface area contributed by atoms with Gasteiger partial charge in [0, 0.05) is 0 Å². The minimum absolute atomic E-state index is 0.250.